The van der Waals surface area contributed by atoms with Crippen LogP contribution in [0.1, 0.15) is 47.8 Å². The van der Waals surface area contributed by atoms with Crippen molar-refractivity contribution in [3.05, 3.63) is 107 Å². The molecular weight excluding hydrogens is 588 g/mol. The van der Waals surface area contributed by atoms with Crippen LogP contribution in [0.5, 0.6) is 0 Å². The molecule has 1 aliphatic heterocycles. The zero-order valence-electron chi connectivity index (χ0n) is 26.1. The van der Waals surface area contributed by atoms with Gasteiger partial charge in [0.2, 0.25) is 0 Å². The summed E-state index contributed by atoms with van der Waals surface area (Å²) in [5.41, 5.74) is 2.66. The smallest absolute Gasteiger partial charge is 0.415 e. The van der Waals surface area contributed by atoms with Gasteiger partial charge in [-0.05, 0) is 56.2 Å². The molecule has 0 spiro atoms. The Morgan fingerprint density at radius 2 is 1.39 bits per heavy atom. The summed E-state index contributed by atoms with van der Waals surface area (Å²) in [6, 6.07) is 22.3. The van der Waals surface area contributed by atoms with E-state index in [4.69, 9.17) is 18.9 Å². The van der Waals surface area contributed by atoms with Crippen molar-refractivity contribution in [2.24, 2.45) is 0 Å². The number of fused-ring (bicyclic) bond motifs is 1. The molecule has 0 aromatic heterocycles. The molecule has 1 unspecified atom stereocenters. The van der Waals surface area contributed by atoms with E-state index in [1.54, 1.807) is 26.8 Å². The normalized spacial score (nSPS) is 13.2. The van der Waals surface area contributed by atoms with Gasteiger partial charge in [0, 0.05) is 12.1 Å². The van der Waals surface area contributed by atoms with E-state index >= 15 is 0 Å². The molecule has 0 bridgehead atoms. The molecule has 1 aliphatic rings. The Hall–Kier alpha value is -5.56. The summed E-state index contributed by atoms with van der Waals surface area (Å²) in [5.74, 6) is 4.82. The highest BCUT2D eigenvalue weighted by Crippen LogP contribution is 2.36. The van der Waals surface area contributed by atoms with Gasteiger partial charge in [0.1, 0.15) is 12.6 Å². The van der Waals surface area contributed by atoms with E-state index in [2.05, 4.69) is 11.8 Å². The highest BCUT2D eigenvalue weighted by atomic mass is 16.6. The first-order valence-electron chi connectivity index (χ1n) is 15.0. The Labute approximate surface area is 268 Å². The van der Waals surface area contributed by atoms with Crippen LogP contribution < -0.4 is 4.90 Å². The number of rotatable bonds is 10. The van der Waals surface area contributed by atoms with E-state index in [0.29, 0.717) is 11.3 Å². The van der Waals surface area contributed by atoms with Crippen molar-refractivity contribution in [3.63, 3.8) is 0 Å². The lowest BCUT2D eigenvalue weighted by Gasteiger charge is -2.32. The minimum atomic E-state index is -0.960. The number of amides is 2. The number of hydrogen-bond donors (Lipinski definition) is 0. The van der Waals surface area contributed by atoms with Crippen LogP contribution in [-0.4, -0.2) is 61.4 Å². The summed E-state index contributed by atoms with van der Waals surface area (Å²) in [6.07, 6.45) is 0.232. The maximum atomic E-state index is 13.3. The van der Waals surface area contributed by atoms with Crippen LogP contribution in [0.25, 0.3) is 5.57 Å². The Morgan fingerprint density at radius 1 is 0.761 bits per heavy atom. The van der Waals surface area contributed by atoms with Crippen molar-refractivity contribution < 1.29 is 38.1 Å². The van der Waals surface area contributed by atoms with Crippen LogP contribution in [0.15, 0.2) is 84.9 Å². The number of ether oxygens (including phenoxy) is 4. The second-order valence-electron chi connectivity index (χ2n) is 9.97. The monoisotopic (exact) mass is 624 g/mol. The lowest BCUT2D eigenvalue weighted by molar-refractivity contribution is -0.136. The molecule has 0 N–H and O–H groups in total. The number of nitrogens with zero attached hydrogens (tertiary/aromatic N) is 2. The van der Waals surface area contributed by atoms with Crippen molar-refractivity contribution >= 4 is 35.4 Å². The van der Waals surface area contributed by atoms with E-state index in [-0.39, 0.29) is 50.7 Å². The molecule has 10 nitrogen and oxygen atoms in total. The van der Waals surface area contributed by atoms with E-state index in [1.807, 2.05) is 60.7 Å². The highest BCUT2D eigenvalue weighted by Gasteiger charge is 2.35. The molecule has 4 rings (SSSR count). The molecule has 0 saturated carbocycles. The van der Waals surface area contributed by atoms with Gasteiger partial charge in [0.15, 0.2) is 0 Å². The van der Waals surface area contributed by atoms with Crippen LogP contribution in [0.3, 0.4) is 0 Å². The molecular formula is C36H36N2O8. The standard InChI is InChI=1S/C36H36N2O8/c1-4-43-33(39)28-19-20-32-30(22-28)31(34(40)44-5-2)23-29(38(32)36(42)45-6-3)18-13-21-37(24-26-14-9-7-10-15-26)35(41)46-25-27-16-11-8-12-17-27/h7-12,14-17,19-20,22-23,29H,4-6,21,24-25H2,1-3H3. The van der Waals surface area contributed by atoms with Crippen LogP contribution in [0.2, 0.25) is 0 Å². The molecule has 1 atom stereocenters. The summed E-state index contributed by atoms with van der Waals surface area (Å²) in [5, 5.41) is 0. The average Bonchev–Trinajstić information content (AvgIpc) is 3.07. The zero-order chi connectivity index (χ0) is 32.9. The minimum absolute atomic E-state index is 0.0348. The summed E-state index contributed by atoms with van der Waals surface area (Å²) in [4.78, 5) is 54.9. The van der Waals surface area contributed by atoms with Crippen molar-refractivity contribution in [2.45, 2.75) is 40.0 Å². The van der Waals surface area contributed by atoms with Crippen LogP contribution in [-0.2, 0) is 36.9 Å². The van der Waals surface area contributed by atoms with Gasteiger partial charge in [0.25, 0.3) is 0 Å². The predicted octanol–water partition coefficient (Wildman–Crippen LogP) is 6.00. The van der Waals surface area contributed by atoms with Gasteiger partial charge < -0.3 is 18.9 Å². The largest absolute Gasteiger partial charge is 0.462 e. The SMILES string of the molecule is CCOC(=O)C1=CC(C#CCN(Cc2ccccc2)C(=O)OCc2ccccc2)N(C(=O)OCC)c2ccc(C(=O)OCC)cc21. The Bertz CT molecular complexity index is 1630. The average molecular weight is 625 g/mol. The van der Waals surface area contributed by atoms with Crippen LogP contribution in [0, 0.1) is 11.8 Å². The molecule has 0 radical (unpaired) electrons. The predicted molar refractivity (Wildman–Crippen MR) is 172 cm³/mol. The fraction of sp³-hybridized carbons (Fsp3) is 0.278. The third-order valence-electron chi connectivity index (χ3n) is 6.82. The number of carbonyl (C=O) groups is 4. The summed E-state index contributed by atoms with van der Waals surface area (Å²) in [7, 11) is 0. The maximum Gasteiger partial charge on any atom is 0.415 e. The highest BCUT2D eigenvalue weighted by molar-refractivity contribution is 6.21. The first kappa shape index (κ1) is 33.3. The van der Waals surface area contributed by atoms with E-state index in [1.165, 1.54) is 28.0 Å². The molecule has 2 amide bonds. The van der Waals surface area contributed by atoms with Crippen LogP contribution >= 0.6 is 0 Å². The van der Waals surface area contributed by atoms with E-state index in [0.717, 1.165) is 11.1 Å². The molecule has 46 heavy (non-hydrogen) atoms. The zero-order valence-corrected chi connectivity index (χ0v) is 26.1. The number of esters is 2. The molecule has 238 valence electrons. The summed E-state index contributed by atoms with van der Waals surface area (Å²) in [6.45, 7) is 5.71. The lowest BCUT2D eigenvalue weighted by atomic mass is 9.93. The Balaban J connectivity index is 1.68. The Kier molecular flexibility index (Phi) is 12.0. The fourth-order valence-electron chi connectivity index (χ4n) is 4.72. The molecule has 3 aromatic carbocycles. The summed E-state index contributed by atoms with van der Waals surface area (Å²) >= 11 is 0. The van der Waals surface area contributed by atoms with Gasteiger partial charge in [-0.15, -0.1) is 0 Å². The summed E-state index contributed by atoms with van der Waals surface area (Å²) < 4.78 is 21.4. The topological polar surface area (TPSA) is 112 Å². The number of anilines is 1. The van der Waals surface area contributed by atoms with Gasteiger partial charge in [-0.2, -0.15) is 0 Å². The Morgan fingerprint density at radius 3 is 2.04 bits per heavy atom. The van der Waals surface area contributed by atoms with Gasteiger partial charge in [0.05, 0.1) is 43.2 Å². The second-order valence-corrected chi connectivity index (χ2v) is 9.97. The first-order valence-corrected chi connectivity index (χ1v) is 15.0. The van der Waals surface area contributed by atoms with Crippen molar-refractivity contribution in [1.29, 1.82) is 0 Å². The van der Waals surface area contributed by atoms with Crippen molar-refractivity contribution in [3.8, 4) is 11.8 Å². The molecule has 1 heterocycles. The molecule has 10 heteroatoms. The molecule has 3 aromatic rings. The van der Waals surface area contributed by atoms with E-state index < -0.39 is 30.2 Å². The number of carbonyl (C=O) groups excluding carboxylic acids is 4. The van der Waals surface area contributed by atoms with Gasteiger partial charge in [-0.3, -0.25) is 9.80 Å². The quantitative estimate of drug-likeness (QED) is 0.154. The number of benzene rings is 3. The van der Waals surface area contributed by atoms with Gasteiger partial charge in [-0.1, -0.05) is 72.5 Å². The first-order chi connectivity index (χ1) is 22.4. The third kappa shape index (κ3) is 8.54. The fourth-order valence-corrected chi connectivity index (χ4v) is 4.72. The van der Waals surface area contributed by atoms with Crippen molar-refractivity contribution in [2.75, 3.05) is 31.3 Å². The lowest BCUT2D eigenvalue weighted by Crippen LogP contribution is -2.42. The maximum absolute atomic E-state index is 13.3. The van der Waals surface area contributed by atoms with Gasteiger partial charge >= 0.3 is 24.1 Å². The second kappa shape index (κ2) is 16.5. The van der Waals surface area contributed by atoms with E-state index in [9.17, 15) is 19.2 Å². The third-order valence-corrected chi connectivity index (χ3v) is 6.82. The molecule has 0 fully saturated rings. The van der Waals surface area contributed by atoms with Crippen LogP contribution in [0.4, 0.5) is 15.3 Å². The molecule has 0 saturated heterocycles. The van der Waals surface area contributed by atoms with Gasteiger partial charge in [-0.25, -0.2) is 19.2 Å². The van der Waals surface area contributed by atoms with Crippen molar-refractivity contribution in [1.82, 2.24) is 4.90 Å². The number of hydrogen-bond acceptors (Lipinski definition) is 8. The molecule has 0 aliphatic carbocycles. The minimum Gasteiger partial charge on any atom is -0.462 e.